The molecule has 4 aromatic rings. The summed E-state index contributed by atoms with van der Waals surface area (Å²) in [6.07, 6.45) is 1.54. The molecule has 0 radical (unpaired) electrons. The summed E-state index contributed by atoms with van der Waals surface area (Å²) in [6, 6.07) is 18.2. The van der Waals surface area contributed by atoms with Gasteiger partial charge in [0.2, 0.25) is 5.91 Å². The third-order valence-electron chi connectivity index (χ3n) is 6.46. The number of rotatable bonds is 4. The summed E-state index contributed by atoms with van der Waals surface area (Å²) in [7, 11) is 0. The molecule has 1 fully saturated rings. The van der Waals surface area contributed by atoms with Crippen molar-refractivity contribution in [2.24, 2.45) is 5.92 Å². The van der Waals surface area contributed by atoms with Crippen molar-refractivity contribution < 1.29 is 4.79 Å². The first-order valence-electron chi connectivity index (χ1n) is 11.6. The van der Waals surface area contributed by atoms with Gasteiger partial charge >= 0.3 is 0 Å². The van der Waals surface area contributed by atoms with Crippen molar-refractivity contribution in [2.75, 3.05) is 23.3 Å². The van der Waals surface area contributed by atoms with Crippen LogP contribution in [0.1, 0.15) is 29.7 Å². The predicted molar refractivity (Wildman–Crippen MR) is 138 cm³/mol. The van der Waals surface area contributed by atoms with E-state index in [1.165, 1.54) is 5.56 Å². The quantitative estimate of drug-likeness (QED) is 0.405. The second-order valence-electron chi connectivity index (χ2n) is 9.16. The van der Waals surface area contributed by atoms with Crippen LogP contribution in [0.25, 0.3) is 16.9 Å². The van der Waals surface area contributed by atoms with Crippen LogP contribution in [-0.2, 0) is 4.79 Å². The van der Waals surface area contributed by atoms with Gasteiger partial charge in [0.1, 0.15) is 5.82 Å². The number of halogens is 1. The molecule has 7 heteroatoms. The van der Waals surface area contributed by atoms with E-state index in [9.17, 15) is 4.79 Å². The summed E-state index contributed by atoms with van der Waals surface area (Å²) >= 11 is 6.30. The Labute approximate surface area is 204 Å². The number of piperidine rings is 1. The Morgan fingerprint density at radius 1 is 0.971 bits per heavy atom. The zero-order chi connectivity index (χ0) is 23.8. The number of nitrogens with one attached hydrogen (secondary N) is 1. The van der Waals surface area contributed by atoms with Crippen LogP contribution in [0.3, 0.4) is 0 Å². The lowest BCUT2D eigenvalue weighted by Crippen LogP contribution is -2.39. The molecular weight excluding hydrogens is 446 g/mol. The average Bonchev–Trinajstić information content (AvgIpc) is 3.25. The van der Waals surface area contributed by atoms with Gasteiger partial charge in [0.25, 0.3) is 0 Å². The van der Waals surface area contributed by atoms with E-state index in [0.717, 1.165) is 59.9 Å². The highest BCUT2D eigenvalue weighted by Gasteiger charge is 2.27. The van der Waals surface area contributed by atoms with E-state index in [0.29, 0.717) is 10.7 Å². The summed E-state index contributed by atoms with van der Waals surface area (Å²) < 4.78 is 1.93. The normalized spacial score (nSPS) is 14.5. The Morgan fingerprint density at radius 3 is 2.38 bits per heavy atom. The number of benzene rings is 2. The molecule has 1 N–H and O–H groups in total. The molecule has 0 unspecified atom stereocenters. The van der Waals surface area contributed by atoms with Gasteiger partial charge in [-0.3, -0.25) is 4.79 Å². The first-order valence-corrected chi connectivity index (χ1v) is 12.0. The van der Waals surface area contributed by atoms with Crippen molar-refractivity contribution >= 4 is 34.7 Å². The molecule has 1 aliphatic rings. The van der Waals surface area contributed by atoms with E-state index < -0.39 is 0 Å². The Morgan fingerprint density at radius 2 is 1.68 bits per heavy atom. The largest absolute Gasteiger partial charge is 0.356 e. The number of aromatic nitrogens is 3. The third kappa shape index (κ3) is 4.50. The van der Waals surface area contributed by atoms with E-state index in [1.54, 1.807) is 0 Å². The smallest absolute Gasteiger partial charge is 0.227 e. The third-order valence-corrected chi connectivity index (χ3v) is 6.77. The van der Waals surface area contributed by atoms with Gasteiger partial charge in [-0.15, -0.1) is 0 Å². The molecule has 0 saturated carbocycles. The number of carbonyl (C=O) groups excluding carboxylic acids is 1. The van der Waals surface area contributed by atoms with Gasteiger partial charge in [0.05, 0.1) is 16.4 Å². The molecule has 0 aliphatic carbocycles. The minimum absolute atomic E-state index is 0.0298. The van der Waals surface area contributed by atoms with Crippen LogP contribution in [0, 0.1) is 26.7 Å². The van der Waals surface area contributed by atoms with Crippen molar-refractivity contribution in [3.05, 3.63) is 76.4 Å². The number of anilines is 2. The molecule has 0 atom stereocenters. The maximum Gasteiger partial charge on any atom is 0.227 e. The highest BCUT2D eigenvalue weighted by Crippen LogP contribution is 2.29. The van der Waals surface area contributed by atoms with Gasteiger partial charge < -0.3 is 10.2 Å². The molecule has 2 aromatic heterocycles. The van der Waals surface area contributed by atoms with Gasteiger partial charge in [-0.25, -0.2) is 4.98 Å². The Bertz CT molecular complexity index is 1350. The maximum atomic E-state index is 12.9. The average molecular weight is 474 g/mol. The van der Waals surface area contributed by atoms with E-state index in [1.807, 2.05) is 42.6 Å². The molecule has 6 nitrogen and oxygen atoms in total. The Kier molecular flexibility index (Phi) is 6.00. The predicted octanol–water partition coefficient (Wildman–Crippen LogP) is 5.83. The fourth-order valence-electron chi connectivity index (χ4n) is 4.50. The number of hydrogen-bond acceptors (Lipinski definition) is 4. The SMILES string of the molecule is Cc1ccc(-c2cc3nc(C)cc(N4CCC(C(=O)Nc5ccc(C)cc5Cl)CC4)n3n2)cc1. The molecule has 0 bridgehead atoms. The Hall–Kier alpha value is -3.38. The van der Waals surface area contributed by atoms with E-state index in [4.69, 9.17) is 21.7 Å². The standard InChI is InChI=1S/C27H28ClN5O/c1-17-4-7-20(8-5-17)24-16-25-29-19(3)15-26(33(25)31-24)32-12-10-21(11-13-32)27(34)30-23-9-6-18(2)14-22(23)28/h4-9,14-16,21H,10-13H2,1-3H3,(H,30,34). The van der Waals surface area contributed by atoms with E-state index >= 15 is 0 Å². The van der Waals surface area contributed by atoms with Crippen molar-refractivity contribution in [2.45, 2.75) is 33.6 Å². The second-order valence-corrected chi connectivity index (χ2v) is 9.56. The van der Waals surface area contributed by atoms with Crippen molar-refractivity contribution in [3.8, 4) is 11.3 Å². The van der Waals surface area contributed by atoms with Crippen LogP contribution in [0.2, 0.25) is 5.02 Å². The summed E-state index contributed by atoms with van der Waals surface area (Å²) in [5, 5.41) is 8.46. The molecule has 0 spiro atoms. The first kappa shape index (κ1) is 22.4. The summed E-state index contributed by atoms with van der Waals surface area (Å²) in [5.41, 5.74) is 6.73. The minimum Gasteiger partial charge on any atom is -0.356 e. The number of hydrogen-bond donors (Lipinski definition) is 1. The second kappa shape index (κ2) is 9.11. The fourth-order valence-corrected chi connectivity index (χ4v) is 4.78. The summed E-state index contributed by atoms with van der Waals surface area (Å²) in [5.74, 6) is 0.997. The molecule has 174 valence electrons. The highest BCUT2D eigenvalue weighted by atomic mass is 35.5. The van der Waals surface area contributed by atoms with Crippen LogP contribution >= 0.6 is 11.6 Å². The molecule has 34 heavy (non-hydrogen) atoms. The lowest BCUT2D eigenvalue weighted by Gasteiger charge is -2.33. The molecule has 1 amide bonds. The maximum absolute atomic E-state index is 12.9. The highest BCUT2D eigenvalue weighted by molar-refractivity contribution is 6.33. The first-order chi connectivity index (χ1) is 16.4. The van der Waals surface area contributed by atoms with Crippen molar-refractivity contribution in [3.63, 3.8) is 0 Å². The lowest BCUT2D eigenvalue weighted by atomic mass is 9.95. The van der Waals surface area contributed by atoms with Gasteiger partial charge in [-0.1, -0.05) is 47.5 Å². The summed E-state index contributed by atoms with van der Waals surface area (Å²) in [4.78, 5) is 19.9. The van der Waals surface area contributed by atoms with Crippen LogP contribution in [0.5, 0.6) is 0 Å². The molecule has 1 aliphatic heterocycles. The van der Waals surface area contributed by atoms with Crippen LogP contribution < -0.4 is 10.2 Å². The van der Waals surface area contributed by atoms with Gasteiger partial charge in [0, 0.05) is 42.4 Å². The summed E-state index contributed by atoms with van der Waals surface area (Å²) in [6.45, 7) is 7.62. The molecule has 5 rings (SSSR count). The minimum atomic E-state index is -0.0483. The molecule has 1 saturated heterocycles. The van der Waals surface area contributed by atoms with Gasteiger partial charge in [-0.2, -0.15) is 9.61 Å². The fraction of sp³-hybridized carbons (Fsp3) is 0.296. The molecular formula is C27H28ClN5O. The number of nitrogens with zero attached hydrogens (tertiary/aromatic N) is 4. The lowest BCUT2D eigenvalue weighted by molar-refractivity contribution is -0.120. The zero-order valence-electron chi connectivity index (χ0n) is 19.7. The number of aryl methyl sites for hydroxylation is 3. The number of amides is 1. The van der Waals surface area contributed by atoms with Crippen LogP contribution in [0.4, 0.5) is 11.5 Å². The van der Waals surface area contributed by atoms with Crippen molar-refractivity contribution in [1.82, 2.24) is 14.6 Å². The van der Waals surface area contributed by atoms with Gasteiger partial charge in [0.15, 0.2) is 5.65 Å². The number of carbonyl (C=O) groups is 1. The Balaban J connectivity index is 1.33. The topological polar surface area (TPSA) is 62.5 Å². The van der Waals surface area contributed by atoms with Crippen molar-refractivity contribution in [1.29, 1.82) is 0 Å². The molecule has 2 aromatic carbocycles. The van der Waals surface area contributed by atoms with E-state index in [2.05, 4.69) is 47.5 Å². The number of fused-ring (bicyclic) bond motifs is 1. The van der Waals surface area contributed by atoms with Crippen LogP contribution in [-0.4, -0.2) is 33.6 Å². The monoisotopic (exact) mass is 473 g/mol. The zero-order valence-corrected chi connectivity index (χ0v) is 20.4. The van der Waals surface area contributed by atoms with Crippen LogP contribution in [0.15, 0.2) is 54.6 Å². The van der Waals surface area contributed by atoms with E-state index in [-0.39, 0.29) is 11.8 Å². The van der Waals surface area contributed by atoms with Gasteiger partial charge in [-0.05, 0) is 51.3 Å². The molecule has 3 heterocycles.